The van der Waals surface area contributed by atoms with Gasteiger partial charge in [0, 0.05) is 10.5 Å². The van der Waals surface area contributed by atoms with Gasteiger partial charge in [-0.3, -0.25) is 4.79 Å². The van der Waals surface area contributed by atoms with E-state index in [2.05, 4.69) is 21.2 Å². The van der Waals surface area contributed by atoms with E-state index in [1.807, 2.05) is 0 Å². The molecule has 1 amide bonds. The van der Waals surface area contributed by atoms with Gasteiger partial charge in [-0.1, -0.05) is 6.92 Å². The lowest BCUT2D eigenvalue weighted by Gasteiger charge is -2.22. The predicted octanol–water partition coefficient (Wildman–Crippen LogP) is 2.79. The molecule has 0 bridgehead atoms. The summed E-state index contributed by atoms with van der Waals surface area (Å²) < 4.78 is 26.4. The van der Waals surface area contributed by atoms with E-state index in [1.165, 1.54) is 6.92 Å². The fraction of sp³-hybridized carbons (Fsp3) is 0.364. The van der Waals surface area contributed by atoms with Crippen LogP contribution < -0.4 is 11.1 Å². The largest absolute Gasteiger partial charge is 0.321 e. The van der Waals surface area contributed by atoms with Crippen LogP contribution >= 0.6 is 15.9 Å². The summed E-state index contributed by atoms with van der Waals surface area (Å²) in [5, 5.41) is 2.34. The predicted molar refractivity (Wildman–Crippen MR) is 65.6 cm³/mol. The molecule has 0 aliphatic heterocycles. The summed E-state index contributed by atoms with van der Waals surface area (Å²) in [5.41, 5.74) is 4.51. The molecule has 1 unspecified atom stereocenters. The van der Waals surface area contributed by atoms with Crippen LogP contribution in [0.4, 0.5) is 14.5 Å². The van der Waals surface area contributed by atoms with Gasteiger partial charge in [-0.2, -0.15) is 0 Å². The minimum Gasteiger partial charge on any atom is -0.321 e. The number of hydrogen-bond acceptors (Lipinski definition) is 2. The van der Waals surface area contributed by atoms with Gasteiger partial charge < -0.3 is 11.1 Å². The van der Waals surface area contributed by atoms with E-state index in [0.717, 1.165) is 6.07 Å². The molecule has 1 aromatic carbocycles. The second-order valence-electron chi connectivity index (χ2n) is 3.97. The zero-order chi connectivity index (χ0) is 13.2. The summed E-state index contributed by atoms with van der Waals surface area (Å²) in [6.45, 7) is 3.29. The zero-order valence-corrected chi connectivity index (χ0v) is 11.1. The lowest BCUT2D eigenvalue weighted by Crippen LogP contribution is -2.48. The molecule has 0 aliphatic rings. The van der Waals surface area contributed by atoms with E-state index in [4.69, 9.17) is 5.73 Å². The van der Waals surface area contributed by atoms with Gasteiger partial charge in [-0.25, -0.2) is 8.78 Å². The van der Waals surface area contributed by atoms with Gasteiger partial charge in [-0.05, 0) is 35.3 Å². The topological polar surface area (TPSA) is 55.1 Å². The van der Waals surface area contributed by atoms with Crippen LogP contribution in [-0.2, 0) is 4.79 Å². The first-order chi connectivity index (χ1) is 7.77. The molecule has 0 spiro atoms. The van der Waals surface area contributed by atoms with Gasteiger partial charge in [0.1, 0.15) is 5.82 Å². The second-order valence-corrected chi connectivity index (χ2v) is 4.82. The Balaban J connectivity index is 3.01. The normalized spacial score (nSPS) is 14.2. The van der Waals surface area contributed by atoms with Crippen molar-refractivity contribution in [2.45, 2.75) is 25.8 Å². The third-order valence-electron chi connectivity index (χ3n) is 2.50. The SMILES string of the molecule is CCC(C)(N)C(=O)Nc1c(F)cc(F)cc1Br. The second kappa shape index (κ2) is 5.10. The van der Waals surface area contributed by atoms with E-state index in [9.17, 15) is 13.6 Å². The molecule has 0 saturated heterocycles. The average Bonchev–Trinajstić information content (AvgIpc) is 2.22. The van der Waals surface area contributed by atoms with Gasteiger partial charge in [-0.15, -0.1) is 0 Å². The van der Waals surface area contributed by atoms with E-state index >= 15 is 0 Å². The van der Waals surface area contributed by atoms with Crippen LogP contribution in [-0.4, -0.2) is 11.4 Å². The summed E-state index contributed by atoms with van der Waals surface area (Å²) in [6, 6.07) is 1.76. The number of anilines is 1. The number of carbonyl (C=O) groups excluding carboxylic acids is 1. The maximum Gasteiger partial charge on any atom is 0.244 e. The van der Waals surface area contributed by atoms with Crippen molar-refractivity contribution in [3.8, 4) is 0 Å². The minimum atomic E-state index is -1.10. The number of halogens is 3. The number of rotatable bonds is 3. The molecule has 0 saturated carbocycles. The van der Waals surface area contributed by atoms with Gasteiger partial charge in [0.2, 0.25) is 5.91 Å². The third-order valence-corrected chi connectivity index (χ3v) is 3.12. The highest BCUT2D eigenvalue weighted by Gasteiger charge is 2.27. The molecule has 0 heterocycles. The molecule has 94 valence electrons. The van der Waals surface area contributed by atoms with E-state index in [-0.39, 0.29) is 10.2 Å². The zero-order valence-electron chi connectivity index (χ0n) is 9.48. The fourth-order valence-corrected chi connectivity index (χ4v) is 1.59. The molecule has 0 fully saturated rings. The monoisotopic (exact) mass is 306 g/mol. The Morgan fingerprint density at radius 3 is 2.59 bits per heavy atom. The van der Waals surface area contributed by atoms with Crippen LogP contribution in [0.15, 0.2) is 16.6 Å². The van der Waals surface area contributed by atoms with Crippen molar-refractivity contribution in [2.24, 2.45) is 5.73 Å². The number of nitrogens with two attached hydrogens (primary N) is 1. The Hall–Kier alpha value is -1.01. The Morgan fingerprint density at radius 2 is 2.12 bits per heavy atom. The molecule has 1 aromatic rings. The quantitative estimate of drug-likeness (QED) is 0.902. The summed E-state index contributed by atoms with van der Waals surface area (Å²) >= 11 is 2.98. The van der Waals surface area contributed by atoms with E-state index < -0.39 is 23.1 Å². The summed E-state index contributed by atoms with van der Waals surface area (Å²) in [7, 11) is 0. The first kappa shape index (κ1) is 14.1. The molecule has 3 nitrogen and oxygen atoms in total. The van der Waals surface area contributed by atoms with Crippen molar-refractivity contribution in [1.29, 1.82) is 0 Å². The molecule has 1 rings (SSSR count). The van der Waals surface area contributed by atoms with Crippen LogP contribution in [0.5, 0.6) is 0 Å². The molecule has 3 N–H and O–H groups in total. The summed E-state index contributed by atoms with van der Waals surface area (Å²) in [6.07, 6.45) is 0.402. The van der Waals surface area contributed by atoms with Crippen LogP contribution in [0.25, 0.3) is 0 Å². The fourth-order valence-electron chi connectivity index (χ4n) is 1.08. The van der Waals surface area contributed by atoms with Gasteiger partial charge in [0.15, 0.2) is 5.82 Å². The highest BCUT2D eigenvalue weighted by atomic mass is 79.9. The lowest BCUT2D eigenvalue weighted by molar-refractivity contribution is -0.120. The Kier molecular flexibility index (Phi) is 4.21. The van der Waals surface area contributed by atoms with Crippen LogP contribution in [0.3, 0.4) is 0 Å². The number of hydrogen-bond donors (Lipinski definition) is 2. The van der Waals surface area contributed by atoms with Gasteiger partial charge >= 0.3 is 0 Å². The molecule has 0 aromatic heterocycles. The van der Waals surface area contributed by atoms with Crippen molar-refractivity contribution in [3.05, 3.63) is 28.2 Å². The van der Waals surface area contributed by atoms with E-state index in [0.29, 0.717) is 12.5 Å². The Labute approximate surface area is 107 Å². The highest BCUT2D eigenvalue weighted by molar-refractivity contribution is 9.10. The van der Waals surface area contributed by atoms with Crippen molar-refractivity contribution in [3.63, 3.8) is 0 Å². The minimum absolute atomic E-state index is 0.110. The molecule has 1 atom stereocenters. The third kappa shape index (κ3) is 3.23. The first-order valence-corrected chi connectivity index (χ1v) is 5.82. The number of amides is 1. The number of carbonyl (C=O) groups is 1. The Morgan fingerprint density at radius 1 is 1.53 bits per heavy atom. The standard InChI is InChI=1S/C11H13BrF2N2O/c1-3-11(2,15)10(17)16-9-7(12)4-6(13)5-8(9)14/h4-5H,3,15H2,1-2H3,(H,16,17). The van der Waals surface area contributed by atoms with E-state index in [1.54, 1.807) is 6.92 Å². The number of nitrogens with one attached hydrogen (secondary N) is 1. The lowest BCUT2D eigenvalue weighted by atomic mass is 9.99. The van der Waals surface area contributed by atoms with Crippen molar-refractivity contribution in [1.82, 2.24) is 0 Å². The molecular formula is C11H13BrF2N2O. The van der Waals surface area contributed by atoms with Crippen LogP contribution in [0.1, 0.15) is 20.3 Å². The smallest absolute Gasteiger partial charge is 0.244 e. The van der Waals surface area contributed by atoms with Crippen LogP contribution in [0.2, 0.25) is 0 Å². The van der Waals surface area contributed by atoms with Crippen molar-refractivity contribution in [2.75, 3.05) is 5.32 Å². The maximum atomic E-state index is 13.4. The summed E-state index contributed by atoms with van der Waals surface area (Å²) in [4.78, 5) is 11.7. The number of benzene rings is 1. The highest BCUT2D eigenvalue weighted by Crippen LogP contribution is 2.27. The van der Waals surface area contributed by atoms with Crippen LogP contribution in [0, 0.1) is 11.6 Å². The molecule has 0 aliphatic carbocycles. The Bertz CT molecular complexity index is 426. The van der Waals surface area contributed by atoms with Gasteiger partial charge in [0.05, 0.1) is 11.2 Å². The maximum absolute atomic E-state index is 13.4. The van der Waals surface area contributed by atoms with Gasteiger partial charge in [0.25, 0.3) is 0 Å². The molecule has 6 heteroatoms. The molecular weight excluding hydrogens is 294 g/mol. The van der Waals surface area contributed by atoms with Crippen molar-refractivity contribution >= 4 is 27.5 Å². The first-order valence-electron chi connectivity index (χ1n) is 5.03. The molecule has 0 radical (unpaired) electrons. The molecule has 17 heavy (non-hydrogen) atoms. The average molecular weight is 307 g/mol. The summed E-state index contributed by atoms with van der Waals surface area (Å²) in [5.74, 6) is -2.10. The van der Waals surface area contributed by atoms with Crippen molar-refractivity contribution < 1.29 is 13.6 Å².